The molecule has 10 heteroatoms. The first kappa shape index (κ1) is 22.1. The molecule has 0 saturated carbocycles. The van der Waals surface area contributed by atoms with Gasteiger partial charge in [0.05, 0.1) is 28.8 Å². The molecular weight excluding hydrogens is 414 g/mol. The maximum atomic E-state index is 13.7. The third kappa shape index (κ3) is 5.18. The van der Waals surface area contributed by atoms with Crippen molar-refractivity contribution in [2.75, 3.05) is 25.0 Å². The van der Waals surface area contributed by atoms with Crippen molar-refractivity contribution in [1.82, 2.24) is 4.31 Å². The molecular formula is C18H19ClF2N2O4S. The number of nitrogens with one attached hydrogen (secondary N) is 1. The Morgan fingerprint density at radius 3 is 2.46 bits per heavy atom. The molecule has 0 heterocycles. The molecule has 2 aromatic carbocycles. The van der Waals surface area contributed by atoms with Crippen LogP contribution in [0.1, 0.15) is 13.8 Å². The van der Waals surface area contributed by atoms with E-state index in [4.69, 9.17) is 16.3 Å². The third-order valence-electron chi connectivity index (χ3n) is 3.72. The molecule has 0 bridgehead atoms. The number of rotatable bonds is 8. The Hall–Kier alpha value is -2.23. The lowest BCUT2D eigenvalue weighted by Crippen LogP contribution is -2.38. The zero-order valence-corrected chi connectivity index (χ0v) is 16.8. The van der Waals surface area contributed by atoms with E-state index in [0.29, 0.717) is 18.4 Å². The van der Waals surface area contributed by atoms with E-state index in [-0.39, 0.29) is 22.2 Å². The number of hydrogen-bond donors (Lipinski definition) is 1. The molecule has 0 aromatic heterocycles. The summed E-state index contributed by atoms with van der Waals surface area (Å²) in [6, 6.07) is 6.65. The number of carbonyl (C=O) groups excluding carboxylic acids is 1. The van der Waals surface area contributed by atoms with Gasteiger partial charge in [-0.15, -0.1) is 0 Å². The van der Waals surface area contributed by atoms with Gasteiger partial charge in [-0.3, -0.25) is 4.79 Å². The van der Waals surface area contributed by atoms with Gasteiger partial charge in [0.1, 0.15) is 17.4 Å². The van der Waals surface area contributed by atoms with E-state index in [9.17, 15) is 22.0 Å². The molecule has 1 amide bonds. The van der Waals surface area contributed by atoms with Crippen LogP contribution in [0.4, 0.5) is 14.5 Å². The Balaban J connectivity index is 2.18. The van der Waals surface area contributed by atoms with Crippen LogP contribution in [-0.2, 0) is 14.8 Å². The molecule has 0 fully saturated rings. The van der Waals surface area contributed by atoms with E-state index in [1.54, 1.807) is 13.8 Å². The van der Waals surface area contributed by atoms with E-state index in [2.05, 4.69) is 5.32 Å². The van der Waals surface area contributed by atoms with Crippen LogP contribution >= 0.6 is 11.6 Å². The zero-order chi connectivity index (χ0) is 20.9. The molecule has 0 aliphatic heterocycles. The highest BCUT2D eigenvalue weighted by molar-refractivity contribution is 7.89. The van der Waals surface area contributed by atoms with Crippen LogP contribution < -0.4 is 10.1 Å². The van der Waals surface area contributed by atoms with Crippen molar-refractivity contribution in [2.24, 2.45) is 0 Å². The number of benzene rings is 2. The Kier molecular flexibility index (Phi) is 7.34. The second kappa shape index (κ2) is 9.31. The molecule has 0 aliphatic carbocycles. The van der Waals surface area contributed by atoms with E-state index in [0.717, 1.165) is 16.4 Å². The fraction of sp³-hybridized carbons (Fsp3) is 0.278. The lowest BCUT2D eigenvalue weighted by atomic mass is 10.3. The molecule has 6 nitrogen and oxygen atoms in total. The van der Waals surface area contributed by atoms with Crippen molar-refractivity contribution in [3.8, 4) is 5.75 Å². The summed E-state index contributed by atoms with van der Waals surface area (Å²) >= 11 is 6.05. The Labute approximate surface area is 167 Å². The summed E-state index contributed by atoms with van der Waals surface area (Å²) in [7, 11) is -4.03. The maximum Gasteiger partial charge on any atom is 0.243 e. The molecule has 1 N–H and O–H groups in total. The van der Waals surface area contributed by atoms with Gasteiger partial charge in [0, 0.05) is 12.6 Å². The number of ether oxygens (including phenoxy) is 1. The first-order chi connectivity index (χ1) is 13.2. The topological polar surface area (TPSA) is 75.7 Å². The van der Waals surface area contributed by atoms with Gasteiger partial charge in [-0.05, 0) is 37.3 Å². The van der Waals surface area contributed by atoms with Crippen LogP contribution in [-0.4, -0.2) is 38.3 Å². The van der Waals surface area contributed by atoms with E-state index >= 15 is 0 Å². The molecule has 0 atom stereocenters. The van der Waals surface area contributed by atoms with Crippen molar-refractivity contribution in [3.63, 3.8) is 0 Å². The molecule has 28 heavy (non-hydrogen) atoms. The smallest absolute Gasteiger partial charge is 0.243 e. The van der Waals surface area contributed by atoms with Crippen LogP contribution in [0.2, 0.25) is 5.02 Å². The molecule has 0 spiro atoms. The minimum absolute atomic E-state index is 0.00746. The molecule has 2 rings (SSSR count). The number of likely N-dealkylation sites (N-methyl/N-ethyl adjacent to an activating group) is 1. The SMILES string of the molecule is CCOc1ccc(S(=O)(=O)N(CC)CC(=O)Nc2ccc(F)cc2F)cc1Cl. The van der Waals surface area contributed by atoms with Crippen molar-refractivity contribution in [3.05, 3.63) is 53.1 Å². The summed E-state index contributed by atoms with van der Waals surface area (Å²) in [6.45, 7) is 3.13. The van der Waals surface area contributed by atoms with Crippen LogP contribution in [0, 0.1) is 11.6 Å². The molecule has 0 unspecified atom stereocenters. The number of anilines is 1. The highest BCUT2D eigenvalue weighted by Gasteiger charge is 2.26. The van der Waals surface area contributed by atoms with Gasteiger partial charge < -0.3 is 10.1 Å². The van der Waals surface area contributed by atoms with Gasteiger partial charge in [0.15, 0.2) is 0 Å². The van der Waals surface area contributed by atoms with E-state index in [1.807, 2.05) is 0 Å². The fourth-order valence-corrected chi connectivity index (χ4v) is 4.10. The van der Waals surface area contributed by atoms with Crippen LogP contribution in [0.5, 0.6) is 5.75 Å². The average Bonchev–Trinajstić information content (AvgIpc) is 2.63. The largest absolute Gasteiger partial charge is 0.492 e. The van der Waals surface area contributed by atoms with Crippen molar-refractivity contribution >= 4 is 33.2 Å². The van der Waals surface area contributed by atoms with Crippen LogP contribution in [0.25, 0.3) is 0 Å². The van der Waals surface area contributed by atoms with Gasteiger partial charge in [0.25, 0.3) is 0 Å². The Morgan fingerprint density at radius 2 is 1.89 bits per heavy atom. The average molecular weight is 433 g/mol. The van der Waals surface area contributed by atoms with Gasteiger partial charge in [-0.2, -0.15) is 4.31 Å². The number of carbonyl (C=O) groups is 1. The summed E-state index contributed by atoms with van der Waals surface area (Å²) in [6.07, 6.45) is 0. The summed E-state index contributed by atoms with van der Waals surface area (Å²) in [4.78, 5) is 12.1. The lowest BCUT2D eigenvalue weighted by Gasteiger charge is -2.20. The molecule has 0 radical (unpaired) electrons. The van der Waals surface area contributed by atoms with Crippen LogP contribution in [0.3, 0.4) is 0 Å². The standard InChI is InChI=1S/C18H19ClF2N2O4S/c1-3-23(11-18(24)22-16-7-5-12(20)9-15(16)21)28(25,26)13-6-8-17(27-4-2)14(19)10-13/h5-10H,3-4,11H2,1-2H3,(H,22,24). The Bertz CT molecular complexity index is 970. The minimum Gasteiger partial charge on any atom is -0.492 e. The third-order valence-corrected chi connectivity index (χ3v) is 5.93. The lowest BCUT2D eigenvalue weighted by molar-refractivity contribution is -0.116. The first-order valence-electron chi connectivity index (χ1n) is 8.36. The summed E-state index contributed by atoms with van der Waals surface area (Å²) < 4.78 is 58.4. The predicted octanol–water partition coefficient (Wildman–Crippen LogP) is 3.67. The van der Waals surface area contributed by atoms with Crippen molar-refractivity contribution in [2.45, 2.75) is 18.7 Å². The number of hydrogen-bond acceptors (Lipinski definition) is 4. The summed E-state index contributed by atoms with van der Waals surface area (Å²) in [5.74, 6) is -2.18. The fourth-order valence-electron chi connectivity index (χ4n) is 2.37. The van der Waals surface area contributed by atoms with Gasteiger partial charge in [0.2, 0.25) is 15.9 Å². The monoisotopic (exact) mass is 432 g/mol. The first-order valence-corrected chi connectivity index (χ1v) is 10.2. The Morgan fingerprint density at radius 1 is 1.18 bits per heavy atom. The number of halogens is 3. The molecule has 152 valence electrons. The molecule has 0 saturated heterocycles. The molecule has 0 aliphatic rings. The molecule has 2 aromatic rings. The number of sulfonamides is 1. The second-order valence-electron chi connectivity index (χ2n) is 5.63. The summed E-state index contributed by atoms with van der Waals surface area (Å²) in [5.41, 5.74) is -0.246. The quantitative estimate of drug-likeness (QED) is 0.690. The number of amides is 1. The maximum absolute atomic E-state index is 13.7. The van der Waals surface area contributed by atoms with Crippen LogP contribution in [0.15, 0.2) is 41.3 Å². The van der Waals surface area contributed by atoms with E-state index < -0.39 is 34.1 Å². The number of nitrogens with zero attached hydrogens (tertiary/aromatic N) is 1. The zero-order valence-electron chi connectivity index (χ0n) is 15.2. The van der Waals surface area contributed by atoms with Crippen molar-refractivity contribution < 1.29 is 26.7 Å². The second-order valence-corrected chi connectivity index (χ2v) is 7.97. The predicted molar refractivity (Wildman–Crippen MR) is 102 cm³/mol. The van der Waals surface area contributed by atoms with Gasteiger partial charge >= 0.3 is 0 Å². The summed E-state index contributed by atoms with van der Waals surface area (Å²) in [5, 5.41) is 2.35. The minimum atomic E-state index is -4.03. The van der Waals surface area contributed by atoms with E-state index in [1.165, 1.54) is 18.2 Å². The highest BCUT2D eigenvalue weighted by Crippen LogP contribution is 2.28. The normalized spacial score (nSPS) is 11.5. The van der Waals surface area contributed by atoms with Gasteiger partial charge in [-0.25, -0.2) is 17.2 Å². The van der Waals surface area contributed by atoms with Gasteiger partial charge in [-0.1, -0.05) is 18.5 Å². The van der Waals surface area contributed by atoms with Crippen molar-refractivity contribution in [1.29, 1.82) is 0 Å². The highest BCUT2D eigenvalue weighted by atomic mass is 35.5.